The number of rotatable bonds is 7. The zero-order valence-corrected chi connectivity index (χ0v) is 20.1. The number of ether oxygens (including phenoxy) is 3. The fourth-order valence-electron chi connectivity index (χ4n) is 3.32. The molecule has 5 nitrogen and oxygen atoms in total. The van der Waals surface area contributed by atoms with Gasteiger partial charge in [0.2, 0.25) is 5.88 Å². The van der Waals surface area contributed by atoms with E-state index in [4.69, 9.17) is 9.47 Å². The molecular weight excluding hydrogens is 503 g/mol. The average molecular weight is 526 g/mol. The lowest BCUT2D eigenvalue weighted by molar-refractivity contribution is -0.157. The van der Waals surface area contributed by atoms with E-state index in [9.17, 15) is 18.0 Å². The lowest BCUT2D eigenvalue weighted by atomic mass is 9.97. The molecule has 0 aliphatic rings. The minimum atomic E-state index is -3.13. The van der Waals surface area contributed by atoms with E-state index in [0.717, 1.165) is 16.1 Å². The number of hydrogen-bond donors (Lipinski definition) is 0. The molecule has 0 spiro atoms. The molecule has 1 aromatic heterocycles. The summed E-state index contributed by atoms with van der Waals surface area (Å²) in [7, 11) is 0. The van der Waals surface area contributed by atoms with Gasteiger partial charge in [-0.1, -0.05) is 28.1 Å². The summed E-state index contributed by atoms with van der Waals surface area (Å²) in [6.07, 6.45) is 0.214. The van der Waals surface area contributed by atoms with Crippen LogP contribution < -0.4 is 9.47 Å². The zero-order valence-electron chi connectivity index (χ0n) is 18.5. The third-order valence-electron chi connectivity index (χ3n) is 4.65. The topological polar surface area (TPSA) is 57.7 Å². The van der Waals surface area contributed by atoms with Crippen LogP contribution in [0.1, 0.15) is 37.5 Å². The summed E-state index contributed by atoms with van der Waals surface area (Å²) < 4.78 is 57.2. The Morgan fingerprint density at radius 3 is 2.39 bits per heavy atom. The number of fused-ring (bicyclic) bond motifs is 1. The summed E-state index contributed by atoms with van der Waals surface area (Å²) in [5.41, 5.74) is 0.746. The Morgan fingerprint density at radius 1 is 1.12 bits per heavy atom. The Balaban J connectivity index is 2.07. The summed E-state index contributed by atoms with van der Waals surface area (Å²) in [6, 6.07) is 9.76. The van der Waals surface area contributed by atoms with Gasteiger partial charge in [-0.2, -0.15) is 8.78 Å². The minimum Gasteiger partial charge on any atom is -0.481 e. The molecule has 0 bridgehead atoms. The molecule has 0 fully saturated rings. The molecule has 2 aromatic carbocycles. The molecule has 33 heavy (non-hydrogen) atoms. The molecule has 0 unspecified atom stereocenters. The fourth-order valence-corrected chi connectivity index (χ4v) is 3.59. The highest BCUT2D eigenvalue weighted by Gasteiger charge is 2.23. The fraction of sp³-hybridized carbons (Fsp3) is 0.333. The van der Waals surface area contributed by atoms with Crippen LogP contribution in [-0.2, 0) is 16.0 Å². The Morgan fingerprint density at radius 2 is 1.79 bits per heavy atom. The predicted molar refractivity (Wildman–Crippen MR) is 121 cm³/mol. The van der Waals surface area contributed by atoms with Crippen LogP contribution in [0.25, 0.3) is 10.9 Å². The summed E-state index contributed by atoms with van der Waals surface area (Å²) in [4.78, 5) is 16.1. The van der Waals surface area contributed by atoms with Gasteiger partial charge in [0.15, 0.2) is 6.61 Å². The van der Waals surface area contributed by atoms with E-state index in [1.54, 1.807) is 27.7 Å². The number of halogens is 4. The molecule has 0 aliphatic carbocycles. The van der Waals surface area contributed by atoms with Crippen LogP contribution in [0.3, 0.4) is 0 Å². The van der Waals surface area contributed by atoms with Gasteiger partial charge < -0.3 is 14.2 Å². The number of esters is 1. The van der Waals surface area contributed by atoms with Gasteiger partial charge in [0.05, 0.1) is 0 Å². The second kappa shape index (κ2) is 9.99. The second-order valence-electron chi connectivity index (χ2n) is 8.35. The summed E-state index contributed by atoms with van der Waals surface area (Å²) in [5.74, 6) is -1.51. The van der Waals surface area contributed by atoms with Gasteiger partial charge >= 0.3 is 12.6 Å². The minimum absolute atomic E-state index is 0.183. The molecule has 176 valence electrons. The Labute approximate surface area is 198 Å². The molecule has 0 atom stereocenters. The molecule has 1 heterocycles. The van der Waals surface area contributed by atoms with Crippen LogP contribution >= 0.6 is 15.9 Å². The van der Waals surface area contributed by atoms with Crippen molar-refractivity contribution in [3.05, 3.63) is 63.4 Å². The lowest BCUT2D eigenvalue weighted by Crippen LogP contribution is -2.27. The highest BCUT2D eigenvalue weighted by Crippen LogP contribution is 2.37. The number of nitrogens with zero attached hydrogens (tertiary/aromatic N) is 1. The number of pyridine rings is 1. The molecule has 0 amide bonds. The third-order valence-corrected chi connectivity index (χ3v) is 5.18. The SMILES string of the molecule is Cc1c(Cc2ccc(Br)cc2)c(OC(F)F)nc2c(F)ccc(OCC(=O)OC(C)(C)C)c12. The highest BCUT2D eigenvalue weighted by atomic mass is 79.9. The maximum Gasteiger partial charge on any atom is 0.388 e. The number of benzene rings is 2. The van der Waals surface area contributed by atoms with Crippen molar-refractivity contribution < 1.29 is 32.2 Å². The number of carbonyl (C=O) groups is 1. The third kappa shape index (κ3) is 6.37. The van der Waals surface area contributed by atoms with Gasteiger partial charge in [0.1, 0.15) is 22.7 Å². The van der Waals surface area contributed by atoms with Crippen molar-refractivity contribution in [3.63, 3.8) is 0 Å². The second-order valence-corrected chi connectivity index (χ2v) is 9.26. The lowest BCUT2D eigenvalue weighted by Gasteiger charge is -2.20. The molecule has 0 radical (unpaired) electrons. The number of aromatic nitrogens is 1. The van der Waals surface area contributed by atoms with Gasteiger partial charge in [0, 0.05) is 21.8 Å². The van der Waals surface area contributed by atoms with Crippen LogP contribution in [0, 0.1) is 12.7 Å². The van der Waals surface area contributed by atoms with E-state index in [1.165, 1.54) is 6.07 Å². The highest BCUT2D eigenvalue weighted by molar-refractivity contribution is 9.10. The van der Waals surface area contributed by atoms with Crippen LogP contribution in [-0.4, -0.2) is 29.8 Å². The molecule has 0 saturated heterocycles. The van der Waals surface area contributed by atoms with Crippen molar-refractivity contribution in [2.45, 2.75) is 46.3 Å². The molecule has 3 rings (SSSR count). The van der Waals surface area contributed by atoms with Crippen molar-refractivity contribution in [2.24, 2.45) is 0 Å². The van der Waals surface area contributed by atoms with Crippen molar-refractivity contribution >= 4 is 32.8 Å². The van der Waals surface area contributed by atoms with E-state index in [0.29, 0.717) is 11.1 Å². The summed E-state index contributed by atoms with van der Waals surface area (Å²) >= 11 is 3.36. The van der Waals surface area contributed by atoms with Gasteiger partial charge in [-0.15, -0.1) is 0 Å². The van der Waals surface area contributed by atoms with E-state index < -0.39 is 30.6 Å². The quantitative estimate of drug-likeness (QED) is 0.336. The summed E-state index contributed by atoms with van der Waals surface area (Å²) in [6.45, 7) is 3.29. The van der Waals surface area contributed by atoms with Crippen LogP contribution in [0.4, 0.5) is 13.2 Å². The first-order valence-corrected chi connectivity index (χ1v) is 10.9. The van der Waals surface area contributed by atoms with Gasteiger partial charge in [-0.3, -0.25) is 0 Å². The van der Waals surface area contributed by atoms with E-state index in [1.807, 2.05) is 24.3 Å². The first kappa shape index (κ1) is 24.8. The first-order chi connectivity index (χ1) is 15.4. The van der Waals surface area contributed by atoms with Crippen LogP contribution in [0.5, 0.6) is 11.6 Å². The van der Waals surface area contributed by atoms with Crippen molar-refractivity contribution in [3.8, 4) is 11.6 Å². The maximum atomic E-state index is 14.6. The van der Waals surface area contributed by atoms with Crippen molar-refractivity contribution in [1.29, 1.82) is 0 Å². The number of hydrogen-bond acceptors (Lipinski definition) is 5. The molecule has 0 saturated carbocycles. The normalized spacial score (nSPS) is 11.7. The van der Waals surface area contributed by atoms with Crippen molar-refractivity contribution in [1.82, 2.24) is 4.98 Å². The van der Waals surface area contributed by atoms with Crippen LogP contribution in [0.2, 0.25) is 0 Å². The number of alkyl halides is 2. The molecular formula is C24H23BrF3NO4. The number of aryl methyl sites for hydroxylation is 1. The predicted octanol–water partition coefficient (Wildman–Crippen LogP) is 6.36. The first-order valence-electron chi connectivity index (χ1n) is 10.1. The number of carbonyl (C=O) groups excluding carboxylic acids is 1. The van der Waals surface area contributed by atoms with E-state index in [-0.39, 0.29) is 29.0 Å². The van der Waals surface area contributed by atoms with Gasteiger partial charge in [-0.05, 0) is 63.1 Å². The molecule has 0 N–H and O–H groups in total. The van der Waals surface area contributed by atoms with E-state index >= 15 is 0 Å². The summed E-state index contributed by atoms with van der Waals surface area (Å²) in [5, 5.41) is 0.271. The largest absolute Gasteiger partial charge is 0.481 e. The Bertz CT molecular complexity index is 1160. The molecule has 9 heteroatoms. The standard InChI is InChI=1S/C24H23BrF3NO4/c1-13-16(11-14-5-7-15(25)8-6-14)22(32-23(27)28)29-21-17(26)9-10-18(20(13)21)31-12-19(30)33-24(2,3)4/h5-10,23H,11-12H2,1-4H3. The maximum absolute atomic E-state index is 14.6. The van der Waals surface area contributed by atoms with Crippen LogP contribution in [0.15, 0.2) is 40.9 Å². The smallest absolute Gasteiger partial charge is 0.388 e. The Hall–Kier alpha value is -2.81. The van der Waals surface area contributed by atoms with Gasteiger partial charge in [0.25, 0.3) is 0 Å². The zero-order chi connectivity index (χ0) is 24.3. The average Bonchev–Trinajstić information content (AvgIpc) is 2.70. The van der Waals surface area contributed by atoms with Gasteiger partial charge in [-0.25, -0.2) is 14.2 Å². The monoisotopic (exact) mass is 525 g/mol. The van der Waals surface area contributed by atoms with Crippen molar-refractivity contribution in [2.75, 3.05) is 6.61 Å². The Kier molecular flexibility index (Phi) is 7.51. The molecule has 0 aliphatic heterocycles. The molecule has 3 aromatic rings. The van der Waals surface area contributed by atoms with E-state index in [2.05, 4.69) is 25.7 Å².